The van der Waals surface area contributed by atoms with Crippen molar-refractivity contribution in [2.24, 2.45) is 7.05 Å². The number of halogens is 2. The minimum Gasteiger partial charge on any atom is -0.382 e. The van der Waals surface area contributed by atoms with Crippen LogP contribution in [0.2, 0.25) is 5.02 Å². The van der Waals surface area contributed by atoms with Crippen molar-refractivity contribution in [1.82, 2.24) is 20.0 Å². The van der Waals surface area contributed by atoms with Gasteiger partial charge in [-0.3, -0.25) is 9.78 Å². The first kappa shape index (κ1) is 13.6. The van der Waals surface area contributed by atoms with Crippen LogP contribution in [0.15, 0.2) is 24.4 Å². The van der Waals surface area contributed by atoms with E-state index in [1.807, 2.05) is 20.2 Å². The minimum atomic E-state index is -0.398. The Morgan fingerprint density at radius 2 is 2.10 bits per heavy atom. The molecule has 3 rings (SSSR count). The van der Waals surface area contributed by atoms with Crippen LogP contribution in [0.1, 0.15) is 5.69 Å². The van der Waals surface area contributed by atoms with Crippen LogP contribution >= 0.6 is 11.6 Å². The van der Waals surface area contributed by atoms with Crippen LogP contribution in [0.4, 0.5) is 10.2 Å². The summed E-state index contributed by atoms with van der Waals surface area (Å²) in [5.41, 5.74) is 9.65. The molecule has 1 aromatic carbocycles. The molecule has 0 aliphatic carbocycles. The normalized spacial score (nSPS) is 11.0. The molecule has 0 bridgehead atoms. The lowest BCUT2D eigenvalue weighted by atomic mass is 10.0. The van der Waals surface area contributed by atoms with Crippen LogP contribution in [-0.2, 0) is 7.05 Å². The number of aromatic amines is 1. The molecule has 108 valence electrons. The number of H-pyrrole nitrogens is 1. The highest BCUT2D eigenvalue weighted by atomic mass is 35.5. The molecule has 0 amide bonds. The summed E-state index contributed by atoms with van der Waals surface area (Å²) in [4.78, 5) is 0. The van der Waals surface area contributed by atoms with Crippen LogP contribution in [0.5, 0.6) is 0 Å². The second-order valence-electron chi connectivity index (χ2n) is 4.78. The summed E-state index contributed by atoms with van der Waals surface area (Å²) in [7, 11) is 1.83. The van der Waals surface area contributed by atoms with E-state index in [-0.39, 0.29) is 5.02 Å². The van der Waals surface area contributed by atoms with Gasteiger partial charge < -0.3 is 5.73 Å². The molecule has 2 heterocycles. The Morgan fingerprint density at radius 3 is 2.71 bits per heavy atom. The summed E-state index contributed by atoms with van der Waals surface area (Å²) in [5.74, 6) is -0.0910. The maximum atomic E-state index is 13.2. The van der Waals surface area contributed by atoms with E-state index in [1.165, 1.54) is 12.1 Å². The Balaban J connectivity index is 2.24. The van der Waals surface area contributed by atoms with E-state index in [0.29, 0.717) is 22.6 Å². The summed E-state index contributed by atoms with van der Waals surface area (Å²) in [5, 5.41) is 11.5. The van der Waals surface area contributed by atoms with Crippen LogP contribution < -0.4 is 5.73 Å². The second-order valence-corrected chi connectivity index (χ2v) is 5.19. The van der Waals surface area contributed by atoms with Crippen LogP contribution in [0.3, 0.4) is 0 Å². The van der Waals surface area contributed by atoms with Crippen molar-refractivity contribution in [3.63, 3.8) is 0 Å². The molecular weight excluding hydrogens is 293 g/mol. The first-order valence-electron chi connectivity index (χ1n) is 6.27. The predicted molar refractivity (Wildman–Crippen MR) is 80.3 cm³/mol. The molecule has 0 saturated carbocycles. The number of anilines is 1. The summed E-state index contributed by atoms with van der Waals surface area (Å²) in [6.07, 6.45) is 1.86. The Morgan fingerprint density at radius 1 is 1.33 bits per heavy atom. The van der Waals surface area contributed by atoms with Crippen molar-refractivity contribution in [2.45, 2.75) is 6.92 Å². The lowest BCUT2D eigenvalue weighted by Crippen LogP contribution is -1.90. The van der Waals surface area contributed by atoms with Crippen molar-refractivity contribution in [3.8, 4) is 22.4 Å². The summed E-state index contributed by atoms with van der Waals surface area (Å²) >= 11 is 6.14. The van der Waals surface area contributed by atoms with Gasteiger partial charge in [0.05, 0.1) is 22.0 Å². The van der Waals surface area contributed by atoms with Crippen molar-refractivity contribution in [2.75, 3.05) is 5.73 Å². The molecule has 0 spiro atoms. The third-order valence-corrected chi connectivity index (χ3v) is 3.59. The average molecular weight is 306 g/mol. The first-order valence-corrected chi connectivity index (χ1v) is 6.65. The topological polar surface area (TPSA) is 72.5 Å². The highest BCUT2D eigenvalue weighted by molar-refractivity contribution is 6.33. The zero-order chi connectivity index (χ0) is 15.1. The number of nitrogens with one attached hydrogen (secondary N) is 1. The fourth-order valence-corrected chi connectivity index (χ4v) is 2.62. The van der Waals surface area contributed by atoms with Crippen molar-refractivity contribution >= 4 is 17.4 Å². The molecule has 0 aliphatic heterocycles. The summed E-state index contributed by atoms with van der Waals surface area (Å²) in [6.45, 7) is 1.89. The van der Waals surface area contributed by atoms with Gasteiger partial charge in [-0.25, -0.2) is 4.39 Å². The smallest absolute Gasteiger partial charge is 0.153 e. The SMILES string of the molecule is Cc1nn(C)cc1-c1[nH]nc(N)c1-c1ccc(F)cc1Cl. The molecular formula is C14H13ClFN5. The third kappa shape index (κ3) is 2.27. The van der Waals surface area contributed by atoms with Gasteiger partial charge in [-0.2, -0.15) is 10.2 Å². The van der Waals surface area contributed by atoms with Crippen molar-refractivity contribution in [3.05, 3.63) is 40.9 Å². The molecule has 0 unspecified atom stereocenters. The Bertz CT molecular complexity index is 821. The molecule has 2 aromatic heterocycles. The first-order chi connectivity index (χ1) is 9.97. The molecule has 0 saturated heterocycles. The molecule has 5 nitrogen and oxygen atoms in total. The number of hydrogen-bond acceptors (Lipinski definition) is 3. The minimum absolute atomic E-state index is 0.283. The number of benzene rings is 1. The Labute approximate surface area is 125 Å². The lowest BCUT2D eigenvalue weighted by Gasteiger charge is -2.06. The number of hydrogen-bond donors (Lipinski definition) is 2. The van der Waals surface area contributed by atoms with E-state index in [4.69, 9.17) is 17.3 Å². The van der Waals surface area contributed by atoms with Gasteiger partial charge in [0.25, 0.3) is 0 Å². The quantitative estimate of drug-likeness (QED) is 0.764. The zero-order valence-electron chi connectivity index (χ0n) is 11.5. The maximum absolute atomic E-state index is 13.2. The third-order valence-electron chi connectivity index (χ3n) is 3.28. The van der Waals surface area contributed by atoms with Gasteiger partial charge in [0.2, 0.25) is 0 Å². The van der Waals surface area contributed by atoms with Crippen LogP contribution in [0.25, 0.3) is 22.4 Å². The van der Waals surface area contributed by atoms with Gasteiger partial charge in [-0.05, 0) is 25.1 Å². The highest BCUT2D eigenvalue weighted by Gasteiger charge is 2.20. The van der Waals surface area contributed by atoms with E-state index >= 15 is 0 Å². The summed E-state index contributed by atoms with van der Waals surface area (Å²) in [6, 6.07) is 4.19. The van der Waals surface area contributed by atoms with E-state index in [0.717, 1.165) is 11.3 Å². The second kappa shape index (κ2) is 4.89. The van der Waals surface area contributed by atoms with Crippen LogP contribution in [-0.4, -0.2) is 20.0 Å². The summed E-state index contributed by atoms with van der Waals surface area (Å²) < 4.78 is 14.9. The van der Waals surface area contributed by atoms with Gasteiger partial charge in [0.1, 0.15) is 5.82 Å². The lowest BCUT2D eigenvalue weighted by molar-refractivity contribution is 0.628. The number of nitrogens with two attached hydrogens (primary N) is 1. The van der Waals surface area contributed by atoms with Gasteiger partial charge in [-0.15, -0.1) is 0 Å². The molecule has 3 aromatic rings. The average Bonchev–Trinajstić information content (AvgIpc) is 2.93. The molecule has 0 aliphatic rings. The van der Waals surface area contributed by atoms with Gasteiger partial charge >= 0.3 is 0 Å². The van der Waals surface area contributed by atoms with Gasteiger partial charge in [-0.1, -0.05) is 11.6 Å². The number of rotatable bonds is 2. The standard InChI is InChI=1S/C14H13ClFN5/c1-7-10(6-21(2)20-7)13-12(14(17)19-18-13)9-4-3-8(16)5-11(9)15/h3-6H,1-2H3,(H3,17,18,19). The number of aromatic nitrogens is 4. The highest BCUT2D eigenvalue weighted by Crippen LogP contribution is 2.39. The fourth-order valence-electron chi connectivity index (χ4n) is 2.36. The molecule has 21 heavy (non-hydrogen) atoms. The zero-order valence-corrected chi connectivity index (χ0v) is 12.2. The van der Waals surface area contributed by atoms with Crippen molar-refractivity contribution in [1.29, 1.82) is 0 Å². The molecule has 7 heteroatoms. The number of nitrogens with zero attached hydrogens (tertiary/aromatic N) is 3. The Hall–Kier alpha value is -2.34. The van der Waals surface area contributed by atoms with Gasteiger partial charge in [0.15, 0.2) is 5.82 Å². The van der Waals surface area contributed by atoms with E-state index in [9.17, 15) is 4.39 Å². The fraction of sp³-hybridized carbons (Fsp3) is 0.143. The maximum Gasteiger partial charge on any atom is 0.153 e. The van der Waals surface area contributed by atoms with E-state index in [1.54, 1.807) is 10.7 Å². The largest absolute Gasteiger partial charge is 0.382 e. The number of nitrogen functional groups attached to an aromatic ring is 1. The predicted octanol–water partition coefficient (Wildman–Crippen LogP) is 3.16. The molecule has 3 N–H and O–H groups in total. The van der Waals surface area contributed by atoms with Crippen molar-refractivity contribution < 1.29 is 4.39 Å². The monoisotopic (exact) mass is 305 g/mol. The van der Waals surface area contributed by atoms with Gasteiger partial charge in [0, 0.05) is 24.4 Å². The van der Waals surface area contributed by atoms with Crippen LogP contribution in [0, 0.1) is 12.7 Å². The van der Waals surface area contributed by atoms with E-state index in [2.05, 4.69) is 15.3 Å². The number of aryl methyl sites for hydroxylation is 2. The molecule has 0 atom stereocenters. The molecule has 0 radical (unpaired) electrons. The molecule has 0 fully saturated rings. The Kier molecular flexibility index (Phi) is 3.17. The van der Waals surface area contributed by atoms with E-state index < -0.39 is 5.82 Å².